The lowest BCUT2D eigenvalue weighted by atomic mass is 10.1. The average Bonchev–Trinajstić information content (AvgIpc) is 2.73. The van der Waals surface area contributed by atoms with Crippen molar-refractivity contribution in [2.45, 2.75) is 0 Å². The molecule has 2 N–H and O–H groups in total. The number of nitro benzene ring substituents is 1. The number of fused-ring (bicyclic) bond motifs is 1. The molecule has 0 spiro atoms. The van der Waals surface area contributed by atoms with Crippen LogP contribution in [0.25, 0.3) is 10.8 Å². The van der Waals surface area contributed by atoms with Crippen molar-refractivity contribution in [1.29, 1.82) is 0 Å². The summed E-state index contributed by atoms with van der Waals surface area (Å²) < 4.78 is 0. The highest BCUT2D eigenvalue weighted by Crippen LogP contribution is 2.30. The number of benzene rings is 3. The molecule has 0 aromatic heterocycles. The number of anilines is 2. The Morgan fingerprint density at radius 2 is 1.86 bits per heavy atom. The van der Waals surface area contributed by atoms with Crippen molar-refractivity contribution in [1.82, 2.24) is 5.32 Å². The number of nitrogens with zero attached hydrogens (tertiary/aromatic N) is 2. The first kappa shape index (κ1) is 18.4. The first-order valence-corrected chi connectivity index (χ1v) is 9.11. The minimum Gasteiger partial charge on any atom is -0.355 e. The molecule has 1 fully saturated rings. The van der Waals surface area contributed by atoms with E-state index >= 15 is 0 Å². The number of carbonyl (C=O) groups excluding carboxylic acids is 2. The van der Waals surface area contributed by atoms with Crippen molar-refractivity contribution in [3.63, 3.8) is 0 Å². The fraction of sp³-hybridized carbons (Fsp3) is 0.143. The molecular weight excluding hydrogens is 372 g/mol. The second-order valence-corrected chi connectivity index (χ2v) is 6.75. The molecule has 0 saturated carbocycles. The zero-order chi connectivity index (χ0) is 20.4. The van der Waals surface area contributed by atoms with Gasteiger partial charge in [-0.15, -0.1) is 0 Å². The van der Waals surface area contributed by atoms with Crippen LogP contribution in [0.3, 0.4) is 0 Å². The van der Waals surface area contributed by atoms with E-state index in [0.717, 1.165) is 10.8 Å². The van der Waals surface area contributed by atoms with E-state index in [0.29, 0.717) is 24.5 Å². The molecule has 0 aliphatic carbocycles. The van der Waals surface area contributed by atoms with Gasteiger partial charge in [0.15, 0.2) is 0 Å². The van der Waals surface area contributed by atoms with Gasteiger partial charge < -0.3 is 15.5 Å². The molecule has 0 unspecified atom stereocenters. The van der Waals surface area contributed by atoms with E-state index < -0.39 is 10.8 Å². The van der Waals surface area contributed by atoms with Gasteiger partial charge in [-0.05, 0) is 35.0 Å². The summed E-state index contributed by atoms with van der Waals surface area (Å²) in [7, 11) is 0. The van der Waals surface area contributed by atoms with Gasteiger partial charge in [-0.25, -0.2) is 0 Å². The quantitative estimate of drug-likeness (QED) is 0.526. The molecule has 1 aliphatic heterocycles. The van der Waals surface area contributed by atoms with Crippen molar-refractivity contribution in [3.8, 4) is 0 Å². The van der Waals surface area contributed by atoms with E-state index in [1.54, 1.807) is 11.0 Å². The van der Waals surface area contributed by atoms with E-state index in [9.17, 15) is 19.7 Å². The summed E-state index contributed by atoms with van der Waals surface area (Å²) in [6.07, 6.45) is 0. The number of hydrogen-bond donors (Lipinski definition) is 2. The number of carbonyl (C=O) groups is 2. The van der Waals surface area contributed by atoms with Crippen LogP contribution in [0, 0.1) is 10.1 Å². The van der Waals surface area contributed by atoms with E-state index in [1.807, 2.05) is 36.4 Å². The summed E-state index contributed by atoms with van der Waals surface area (Å²) >= 11 is 0. The predicted molar refractivity (Wildman–Crippen MR) is 110 cm³/mol. The van der Waals surface area contributed by atoms with E-state index in [-0.39, 0.29) is 23.7 Å². The van der Waals surface area contributed by atoms with E-state index in [1.165, 1.54) is 18.2 Å². The van der Waals surface area contributed by atoms with E-state index in [2.05, 4.69) is 10.6 Å². The van der Waals surface area contributed by atoms with Crippen molar-refractivity contribution in [2.24, 2.45) is 0 Å². The summed E-state index contributed by atoms with van der Waals surface area (Å²) in [6, 6.07) is 17.6. The molecule has 1 saturated heterocycles. The van der Waals surface area contributed by atoms with Gasteiger partial charge in [0.2, 0.25) is 5.91 Å². The Labute approximate surface area is 166 Å². The molecule has 0 atom stereocenters. The Hall–Kier alpha value is -3.94. The summed E-state index contributed by atoms with van der Waals surface area (Å²) in [5.41, 5.74) is 0.904. The van der Waals surface area contributed by atoms with Gasteiger partial charge >= 0.3 is 0 Å². The predicted octanol–water partition coefficient (Wildman–Crippen LogP) is 2.94. The fourth-order valence-corrected chi connectivity index (χ4v) is 3.39. The van der Waals surface area contributed by atoms with Gasteiger partial charge in [0, 0.05) is 30.4 Å². The van der Waals surface area contributed by atoms with Crippen molar-refractivity contribution < 1.29 is 14.5 Å². The number of rotatable bonds is 4. The third kappa shape index (κ3) is 3.86. The summed E-state index contributed by atoms with van der Waals surface area (Å²) in [5, 5.41) is 19.1. The minimum absolute atomic E-state index is 0.0451. The minimum atomic E-state index is -0.533. The summed E-state index contributed by atoms with van der Waals surface area (Å²) in [6.45, 7) is 0.929. The fourth-order valence-electron chi connectivity index (χ4n) is 3.39. The van der Waals surface area contributed by atoms with Crippen LogP contribution in [0.15, 0.2) is 60.7 Å². The first-order chi connectivity index (χ1) is 14.0. The summed E-state index contributed by atoms with van der Waals surface area (Å²) in [4.78, 5) is 36.9. The molecule has 8 nitrogen and oxygen atoms in total. The average molecular weight is 390 g/mol. The largest absolute Gasteiger partial charge is 0.355 e. The van der Waals surface area contributed by atoms with Crippen molar-refractivity contribution in [3.05, 3.63) is 76.3 Å². The molecule has 0 bridgehead atoms. The van der Waals surface area contributed by atoms with Gasteiger partial charge in [0.05, 0.1) is 11.5 Å². The highest BCUT2D eigenvalue weighted by Gasteiger charge is 2.25. The lowest BCUT2D eigenvalue weighted by molar-refractivity contribution is -0.384. The lowest BCUT2D eigenvalue weighted by Gasteiger charge is -2.28. The zero-order valence-electron chi connectivity index (χ0n) is 15.4. The van der Waals surface area contributed by atoms with Crippen LogP contribution >= 0.6 is 0 Å². The molecule has 146 valence electrons. The third-order valence-electron chi connectivity index (χ3n) is 4.82. The molecule has 1 aliphatic rings. The first-order valence-electron chi connectivity index (χ1n) is 9.11. The van der Waals surface area contributed by atoms with Gasteiger partial charge in [0.1, 0.15) is 5.69 Å². The Morgan fingerprint density at radius 1 is 1.07 bits per heavy atom. The van der Waals surface area contributed by atoms with Crippen molar-refractivity contribution in [2.75, 3.05) is 29.9 Å². The van der Waals surface area contributed by atoms with Crippen LogP contribution < -0.4 is 15.5 Å². The van der Waals surface area contributed by atoms with Crippen LogP contribution in [0.5, 0.6) is 0 Å². The molecule has 3 aromatic carbocycles. The number of nitrogens with one attached hydrogen (secondary N) is 2. The normalized spacial score (nSPS) is 13.8. The molecule has 4 rings (SSSR count). The summed E-state index contributed by atoms with van der Waals surface area (Å²) in [5.74, 6) is -0.630. The SMILES string of the molecule is O=C1CN(c2ccc(C(=O)Nc3ccc4ccccc4c3)cc2[N+](=O)[O-])CCN1. The molecule has 8 heteroatoms. The Morgan fingerprint density at radius 3 is 2.62 bits per heavy atom. The highest BCUT2D eigenvalue weighted by molar-refractivity contribution is 6.06. The zero-order valence-corrected chi connectivity index (χ0v) is 15.4. The molecule has 29 heavy (non-hydrogen) atoms. The smallest absolute Gasteiger partial charge is 0.293 e. The Kier molecular flexibility index (Phi) is 4.82. The number of hydrogen-bond acceptors (Lipinski definition) is 5. The van der Waals surface area contributed by atoms with Crippen molar-refractivity contribution >= 4 is 39.6 Å². The van der Waals surface area contributed by atoms with Gasteiger partial charge in [0.25, 0.3) is 11.6 Å². The van der Waals surface area contributed by atoms with Crippen LogP contribution in [0.2, 0.25) is 0 Å². The molecule has 2 amide bonds. The number of nitro groups is 1. The maximum absolute atomic E-state index is 12.7. The maximum Gasteiger partial charge on any atom is 0.293 e. The van der Waals surface area contributed by atoms with Gasteiger partial charge in [-0.3, -0.25) is 19.7 Å². The highest BCUT2D eigenvalue weighted by atomic mass is 16.6. The third-order valence-corrected chi connectivity index (χ3v) is 4.82. The molecule has 0 radical (unpaired) electrons. The Balaban J connectivity index is 1.60. The van der Waals surface area contributed by atoms with Gasteiger partial charge in [-0.2, -0.15) is 0 Å². The van der Waals surface area contributed by atoms with Crippen LogP contribution in [-0.2, 0) is 4.79 Å². The second kappa shape index (κ2) is 7.59. The lowest BCUT2D eigenvalue weighted by Crippen LogP contribution is -2.47. The molecular formula is C21H18N4O4. The number of amides is 2. The standard InChI is InChI=1S/C21H18N4O4/c26-20-13-24(10-9-22-20)18-8-6-16(12-19(18)25(28)29)21(27)23-17-7-5-14-3-1-2-4-15(14)11-17/h1-8,11-12H,9-10,13H2,(H,22,26)(H,23,27). The van der Waals surface area contributed by atoms with Crippen LogP contribution in [0.4, 0.5) is 17.1 Å². The Bertz CT molecular complexity index is 1130. The van der Waals surface area contributed by atoms with Crippen LogP contribution in [0.1, 0.15) is 10.4 Å². The van der Waals surface area contributed by atoms with Gasteiger partial charge in [-0.1, -0.05) is 30.3 Å². The number of piperazine rings is 1. The monoisotopic (exact) mass is 390 g/mol. The molecule has 3 aromatic rings. The molecule has 1 heterocycles. The topological polar surface area (TPSA) is 105 Å². The second-order valence-electron chi connectivity index (χ2n) is 6.75. The van der Waals surface area contributed by atoms with E-state index in [4.69, 9.17) is 0 Å². The maximum atomic E-state index is 12.7. The van der Waals surface area contributed by atoms with Crippen LogP contribution in [-0.4, -0.2) is 36.4 Å².